The van der Waals surface area contributed by atoms with Gasteiger partial charge in [0.2, 0.25) is 5.91 Å². The van der Waals surface area contributed by atoms with Crippen molar-refractivity contribution >= 4 is 39.4 Å². The lowest BCUT2D eigenvalue weighted by molar-refractivity contribution is -0.117. The molecule has 1 fully saturated rings. The fraction of sp³-hybridized carbons (Fsp3) is 0.444. The Morgan fingerprint density at radius 1 is 1.18 bits per heavy atom. The highest BCUT2D eigenvalue weighted by Crippen LogP contribution is 2.31. The van der Waals surface area contributed by atoms with Gasteiger partial charge in [-0.05, 0) is 45.7 Å². The van der Waals surface area contributed by atoms with E-state index < -0.39 is 0 Å². The second-order valence-electron chi connectivity index (χ2n) is 10.2. The van der Waals surface area contributed by atoms with Crippen molar-refractivity contribution in [3.8, 4) is 10.4 Å². The highest BCUT2D eigenvalue weighted by Gasteiger charge is 2.26. The van der Waals surface area contributed by atoms with E-state index in [0.29, 0.717) is 54.2 Å². The number of aryl methyl sites for hydroxylation is 1. The van der Waals surface area contributed by atoms with Crippen molar-refractivity contribution in [1.29, 1.82) is 0 Å². The summed E-state index contributed by atoms with van der Waals surface area (Å²) in [6.45, 7) is 9.40. The van der Waals surface area contributed by atoms with Gasteiger partial charge in [0.05, 0.1) is 59.3 Å². The molecule has 0 aliphatic carbocycles. The molecule has 1 aliphatic rings. The SMILES string of the molecule is COCCn1cc(-c2cn3ncc(C(=O)Nc4cc(NC(=O)CC5CCN(C(C)C)C5)cnc4C)c3s2)cn1. The first-order valence-electron chi connectivity index (χ1n) is 13.1. The van der Waals surface area contributed by atoms with Crippen LogP contribution >= 0.6 is 11.3 Å². The topological polar surface area (TPSA) is 119 Å². The number of likely N-dealkylation sites (tertiary alicyclic amines) is 1. The smallest absolute Gasteiger partial charge is 0.260 e. The van der Waals surface area contributed by atoms with E-state index in [9.17, 15) is 9.59 Å². The summed E-state index contributed by atoms with van der Waals surface area (Å²) in [7, 11) is 1.66. The number of carbonyl (C=O) groups excluding carboxylic acids is 2. The summed E-state index contributed by atoms with van der Waals surface area (Å²) in [6, 6.07) is 2.25. The Labute approximate surface area is 231 Å². The maximum atomic E-state index is 13.3. The number of amides is 2. The molecule has 1 saturated heterocycles. The number of hydrogen-bond donors (Lipinski definition) is 2. The zero-order valence-corrected chi connectivity index (χ0v) is 23.5. The van der Waals surface area contributed by atoms with E-state index in [1.165, 1.54) is 11.3 Å². The number of anilines is 2. The number of carbonyl (C=O) groups is 2. The largest absolute Gasteiger partial charge is 0.383 e. The third-order valence-corrected chi connectivity index (χ3v) is 8.18. The second kappa shape index (κ2) is 11.6. The average molecular weight is 551 g/mol. The molecule has 0 radical (unpaired) electrons. The number of thiazole rings is 1. The first kappa shape index (κ1) is 27.0. The molecule has 0 aromatic carbocycles. The van der Waals surface area contributed by atoms with Crippen LogP contribution in [0, 0.1) is 12.8 Å². The van der Waals surface area contributed by atoms with E-state index >= 15 is 0 Å². The number of nitrogens with zero attached hydrogens (tertiary/aromatic N) is 6. The molecule has 39 heavy (non-hydrogen) atoms. The summed E-state index contributed by atoms with van der Waals surface area (Å²) in [6.07, 6.45) is 10.3. The molecule has 5 heterocycles. The van der Waals surface area contributed by atoms with Gasteiger partial charge >= 0.3 is 0 Å². The Hall–Kier alpha value is -3.61. The maximum absolute atomic E-state index is 13.3. The second-order valence-corrected chi connectivity index (χ2v) is 11.2. The van der Waals surface area contributed by atoms with E-state index in [1.807, 2.05) is 24.0 Å². The van der Waals surface area contributed by atoms with Crippen LogP contribution in [-0.4, -0.2) is 73.9 Å². The summed E-state index contributed by atoms with van der Waals surface area (Å²) in [4.78, 5) is 34.4. The molecule has 4 aromatic rings. The molecule has 206 valence electrons. The lowest BCUT2D eigenvalue weighted by Crippen LogP contribution is -2.28. The number of ether oxygens (including phenoxy) is 1. The van der Waals surface area contributed by atoms with Gasteiger partial charge < -0.3 is 20.3 Å². The molecule has 2 N–H and O–H groups in total. The van der Waals surface area contributed by atoms with Crippen LogP contribution in [0.5, 0.6) is 0 Å². The summed E-state index contributed by atoms with van der Waals surface area (Å²) in [5.41, 5.74) is 3.17. The van der Waals surface area contributed by atoms with Gasteiger partial charge in [-0.2, -0.15) is 10.2 Å². The number of hydrogen-bond acceptors (Lipinski definition) is 8. The average Bonchev–Trinajstić information content (AvgIpc) is 3.68. The Balaban J connectivity index is 1.25. The number of methoxy groups -OCH3 is 1. The van der Waals surface area contributed by atoms with Gasteiger partial charge in [-0.1, -0.05) is 0 Å². The molecule has 1 aliphatic heterocycles. The van der Waals surface area contributed by atoms with Crippen LogP contribution in [0.2, 0.25) is 0 Å². The van der Waals surface area contributed by atoms with Gasteiger partial charge in [0.15, 0.2) is 0 Å². The highest BCUT2D eigenvalue weighted by molar-refractivity contribution is 7.21. The van der Waals surface area contributed by atoms with E-state index in [1.54, 1.807) is 36.3 Å². The first-order chi connectivity index (χ1) is 18.8. The summed E-state index contributed by atoms with van der Waals surface area (Å²) < 4.78 is 8.64. The Morgan fingerprint density at radius 3 is 2.79 bits per heavy atom. The van der Waals surface area contributed by atoms with E-state index in [2.05, 4.69) is 44.6 Å². The third kappa shape index (κ3) is 6.18. The Morgan fingerprint density at radius 2 is 2.03 bits per heavy atom. The van der Waals surface area contributed by atoms with Gasteiger partial charge in [-0.15, -0.1) is 11.3 Å². The van der Waals surface area contributed by atoms with Gasteiger partial charge in [-0.3, -0.25) is 19.3 Å². The molecule has 0 saturated carbocycles. The molecule has 4 aromatic heterocycles. The number of rotatable bonds is 10. The third-order valence-electron chi connectivity index (χ3n) is 7.02. The highest BCUT2D eigenvalue weighted by atomic mass is 32.1. The number of nitrogens with one attached hydrogen (secondary N) is 2. The minimum atomic E-state index is -0.290. The normalized spacial score (nSPS) is 15.9. The molecule has 1 atom stereocenters. The minimum absolute atomic E-state index is 0.0384. The summed E-state index contributed by atoms with van der Waals surface area (Å²) in [5, 5.41) is 14.6. The van der Waals surface area contributed by atoms with Crippen molar-refractivity contribution in [3.05, 3.63) is 48.3 Å². The number of pyridine rings is 1. The predicted octanol–water partition coefficient (Wildman–Crippen LogP) is 3.92. The fourth-order valence-electron chi connectivity index (χ4n) is 4.76. The summed E-state index contributed by atoms with van der Waals surface area (Å²) in [5.74, 6) is 0.0240. The molecule has 11 nitrogen and oxygen atoms in total. The maximum Gasteiger partial charge on any atom is 0.260 e. The Kier molecular flexibility index (Phi) is 8.05. The number of aromatic nitrogens is 5. The van der Waals surface area contributed by atoms with Crippen LogP contribution in [0.3, 0.4) is 0 Å². The zero-order chi connectivity index (χ0) is 27.5. The van der Waals surface area contributed by atoms with Gasteiger partial charge in [0.25, 0.3) is 5.91 Å². The molecule has 0 spiro atoms. The van der Waals surface area contributed by atoms with Crippen molar-refractivity contribution in [2.24, 2.45) is 5.92 Å². The van der Waals surface area contributed by atoms with Crippen molar-refractivity contribution in [1.82, 2.24) is 29.3 Å². The van der Waals surface area contributed by atoms with Crippen molar-refractivity contribution in [2.45, 2.75) is 46.2 Å². The molecular weight excluding hydrogens is 516 g/mol. The molecule has 5 rings (SSSR count). The van der Waals surface area contributed by atoms with Crippen LogP contribution in [-0.2, 0) is 16.1 Å². The zero-order valence-electron chi connectivity index (χ0n) is 22.7. The first-order valence-corrected chi connectivity index (χ1v) is 13.9. The molecule has 12 heteroatoms. The fourth-order valence-corrected chi connectivity index (χ4v) is 5.80. The van der Waals surface area contributed by atoms with Gasteiger partial charge in [0.1, 0.15) is 4.83 Å². The van der Waals surface area contributed by atoms with Crippen LogP contribution in [0.15, 0.2) is 37.1 Å². The summed E-state index contributed by atoms with van der Waals surface area (Å²) >= 11 is 1.47. The van der Waals surface area contributed by atoms with Crippen molar-refractivity contribution < 1.29 is 14.3 Å². The van der Waals surface area contributed by atoms with Crippen molar-refractivity contribution in [3.63, 3.8) is 0 Å². The molecule has 0 bridgehead atoms. The lowest BCUT2D eigenvalue weighted by Gasteiger charge is -2.20. The molecule has 2 amide bonds. The number of fused-ring (bicyclic) bond motifs is 1. The van der Waals surface area contributed by atoms with Gasteiger partial charge in [0, 0.05) is 44.1 Å². The standard InChI is InChI=1S/C27H34N8O3S/c1-17(2)33-6-5-19(14-33)9-25(36)31-21-10-23(18(3)28-12-21)32-26(37)22-13-30-35-16-24(39-27(22)35)20-11-29-34(15-20)7-8-38-4/h10-13,15-17,19H,5-9,14H2,1-4H3,(H,31,36)(H,32,37). The van der Waals surface area contributed by atoms with E-state index in [0.717, 1.165) is 34.8 Å². The van der Waals surface area contributed by atoms with Crippen LogP contribution in [0.1, 0.15) is 42.7 Å². The predicted molar refractivity (Wildman–Crippen MR) is 151 cm³/mol. The quantitative estimate of drug-likeness (QED) is 0.307. The van der Waals surface area contributed by atoms with Crippen molar-refractivity contribution in [2.75, 3.05) is 37.4 Å². The van der Waals surface area contributed by atoms with Crippen LogP contribution in [0.25, 0.3) is 15.3 Å². The minimum Gasteiger partial charge on any atom is -0.383 e. The molecule has 1 unspecified atom stereocenters. The van der Waals surface area contributed by atoms with Crippen LogP contribution < -0.4 is 10.6 Å². The monoisotopic (exact) mass is 550 g/mol. The molecular formula is C27H34N8O3S. The van der Waals surface area contributed by atoms with Crippen LogP contribution in [0.4, 0.5) is 11.4 Å². The lowest BCUT2D eigenvalue weighted by atomic mass is 10.0. The Bertz CT molecular complexity index is 1470. The van der Waals surface area contributed by atoms with E-state index in [-0.39, 0.29) is 11.8 Å². The van der Waals surface area contributed by atoms with E-state index in [4.69, 9.17) is 4.74 Å². The van der Waals surface area contributed by atoms with Gasteiger partial charge in [-0.25, -0.2) is 4.52 Å².